The van der Waals surface area contributed by atoms with E-state index in [1.165, 1.54) is 6.07 Å². The van der Waals surface area contributed by atoms with Crippen LogP contribution < -0.4 is 10.6 Å². The second-order valence-corrected chi connectivity index (χ2v) is 4.80. The minimum absolute atomic E-state index is 0.0123. The lowest BCUT2D eigenvalue weighted by Crippen LogP contribution is -2.38. The maximum absolute atomic E-state index is 13.4. The van der Waals surface area contributed by atoms with E-state index in [9.17, 15) is 13.6 Å². The van der Waals surface area contributed by atoms with Crippen LogP contribution in [0, 0.1) is 17.6 Å². The molecule has 1 aliphatic heterocycles. The van der Waals surface area contributed by atoms with E-state index in [0.717, 1.165) is 38.1 Å². The summed E-state index contributed by atoms with van der Waals surface area (Å²) in [6.07, 6.45) is 1.97. The number of rotatable bonds is 4. The van der Waals surface area contributed by atoms with E-state index in [4.69, 9.17) is 0 Å². The molecule has 0 radical (unpaired) electrons. The second kappa shape index (κ2) is 6.61. The number of carbonyl (C=O) groups excluding carboxylic acids is 1. The molecule has 1 aliphatic rings. The minimum atomic E-state index is -0.457. The monoisotopic (exact) mass is 268 g/mol. The molecule has 1 aromatic rings. The molecular formula is C14H18F2N2O. The quantitative estimate of drug-likeness (QED) is 0.871. The van der Waals surface area contributed by atoms with E-state index >= 15 is 0 Å². The molecule has 0 aromatic heterocycles. The summed E-state index contributed by atoms with van der Waals surface area (Å²) in [6, 6.07) is 3.37. The largest absolute Gasteiger partial charge is 0.356 e. The number of carbonyl (C=O) groups is 1. The van der Waals surface area contributed by atoms with Crippen LogP contribution in [0.4, 0.5) is 8.78 Å². The fourth-order valence-electron chi connectivity index (χ4n) is 2.28. The van der Waals surface area contributed by atoms with Crippen LogP contribution in [0.5, 0.6) is 0 Å². The Hall–Kier alpha value is -1.49. The molecule has 1 saturated heterocycles. The lowest BCUT2D eigenvalue weighted by molar-refractivity contribution is -0.125. The molecule has 0 aliphatic carbocycles. The van der Waals surface area contributed by atoms with Gasteiger partial charge in [-0.3, -0.25) is 4.79 Å². The molecule has 1 aromatic carbocycles. The van der Waals surface area contributed by atoms with Crippen molar-refractivity contribution in [2.24, 2.45) is 5.92 Å². The molecule has 0 bridgehead atoms. The van der Waals surface area contributed by atoms with E-state index in [1.807, 2.05) is 0 Å². The van der Waals surface area contributed by atoms with Gasteiger partial charge in [0.2, 0.25) is 5.91 Å². The third-order valence-electron chi connectivity index (χ3n) is 3.41. The lowest BCUT2D eigenvalue weighted by atomic mass is 9.97. The molecule has 104 valence electrons. The Kier molecular flexibility index (Phi) is 4.85. The first-order valence-corrected chi connectivity index (χ1v) is 6.59. The zero-order valence-electron chi connectivity index (χ0n) is 10.7. The minimum Gasteiger partial charge on any atom is -0.356 e. The molecule has 2 N–H and O–H groups in total. The van der Waals surface area contributed by atoms with Crippen molar-refractivity contribution in [2.45, 2.75) is 19.3 Å². The van der Waals surface area contributed by atoms with Crippen molar-refractivity contribution in [1.29, 1.82) is 0 Å². The lowest BCUT2D eigenvalue weighted by Gasteiger charge is -2.21. The maximum Gasteiger partial charge on any atom is 0.223 e. The molecular weight excluding hydrogens is 250 g/mol. The number of benzene rings is 1. The van der Waals surface area contributed by atoms with Crippen molar-refractivity contribution in [3.63, 3.8) is 0 Å². The van der Waals surface area contributed by atoms with Crippen molar-refractivity contribution >= 4 is 5.91 Å². The Labute approximate surface area is 111 Å². The van der Waals surface area contributed by atoms with Crippen LogP contribution in [-0.2, 0) is 11.2 Å². The molecule has 0 saturated carbocycles. The average Bonchev–Trinajstić information content (AvgIpc) is 2.43. The predicted molar refractivity (Wildman–Crippen MR) is 68.7 cm³/mol. The van der Waals surface area contributed by atoms with Gasteiger partial charge in [-0.2, -0.15) is 0 Å². The Morgan fingerprint density at radius 3 is 2.79 bits per heavy atom. The number of hydrogen-bond acceptors (Lipinski definition) is 2. The Morgan fingerprint density at radius 2 is 2.05 bits per heavy atom. The van der Waals surface area contributed by atoms with Crippen LogP contribution >= 0.6 is 0 Å². The van der Waals surface area contributed by atoms with E-state index < -0.39 is 11.6 Å². The predicted octanol–water partition coefficient (Wildman–Crippen LogP) is 1.62. The number of hydrogen-bond donors (Lipinski definition) is 2. The van der Waals surface area contributed by atoms with E-state index in [0.29, 0.717) is 18.5 Å². The van der Waals surface area contributed by atoms with E-state index in [1.54, 1.807) is 0 Å². The Morgan fingerprint density at radius 1 is 1.32 bits per heavy atom. The van der Waals surface area contributed by atoms with Crippen molar-refractivity contribution < 1.29 is 13.6 Å². The Balaban J connectivity index is 1.79. The normalized spacial score (nSPS) is 16.3. The third kappa shape index (κ3) is 3.99. The summed E-state index contributed by atoms with van der Waals surface area (Å²) in [7, 11) is 0. The zero-order chi connectivity index (χ0) is 13.7. The number of amides is 1. The Bertz CT molecular complexity index is 445. The average molecular weight is 268 g/mol. The van der Waals surface area contributed by atoms with Gasteiger partial charge in [0.05, 0.1) is 0 Å². The van der Waals surface area contributed by atoms with Crippen molar-refractivity contribution in [3.8, 4) is 0 Å². The van der Waals surface area contributed by atoms with Crippen LogP contribution in [0.2, 0.25) is 0 Å². The molecule has 3 nitrogen and oxygen atoms in total. The van der Waals surface area contributed by atoms with Gasteiger partial charge in [0.15, 0.2) is 0 Å². The summed E-state index contributed by atoms with van der Waals surface area (Å²) in [5.74, 6) is -0.837. The fourth-order valence-corrected chi connectivity index (χ4v) is 2.28. The summed E-state index contributed by atoms with van der Waals surface area (Å²) in [6.45, 7) is 2.05. The van der Waals surface area contributed by atoms with Crippen molar-refractivity contribution in [3.05, 3.63) is 35.4 Å². The summed E-state index contributed by atoms with van der Waals surface area (Å²) in [4.78, 5) is 11.8. The molecule has 1 heterocycles. The smallest absolute Gasteiger partial charge is 0.223 e. The molecule has 1 fully saturated rings. The van der Waals surface area contributed by atoms with Gasteiger partial charge < -0.3 is 10.6 Å². The van der Waals surface area contributed by atoms with Gasteiger partial charge in [-0.1, -0.05) is 0 Å². The molecule has 19 heavy (non-hydrogen) atoms. The molecule has 0 unspecified atom stereocenters. The molecule has 2 rings (SSSR count). The summed E-state index contributed by atoms with van der Waals surface area (Å²) in [5, 5.41) is 5.99. The van der Waals surface area contributed by atoms with Crippen LogP contribution in [0.25, 0.3) is 0 Å². The topological polar surface area (TPSA) is 41.1 Å². The molecule has 5 heteroatoms. The first-order chi connectivity index (χ1) is 9.16. The number of halogens is 2. The van der Waals surface area contributed by atoms with Crippen molar-refractivity contribution in [2.75, 3.05) is 19.6 Å². The highest BCUT2D eigenvalue weighted by molar-refractivity contribution is 5.78. The third-order valence-corrected chi connectivity index (χ3v) is 3.41. The van der Waals surface area contributed by atoms with E-state index in [2.05, 4.69) is 10.6 Å². The first-order valence-electron chi connectivity index (χ1n) is 6.59. The highest BCUT2D eigenvalue weighted by Gasteiger charge is 2.20. The first kappa shape index (κ1) is 13.9. The number of nitrogens with one attached hydrogen (secondary N) is 2. The SMILES string of the molecule is O=C(NCCc1cc(F)ccc1F)C1CCNCC1. The molecule has 0 spiro atoms. The highest BCUT2D eigenvalue weighted by atomic mass is 19.1. The fraction of sp³-hybridized carbons (Fsp3) is 0.500. The van der Waals surface area contributed by atoms with Gasteiger partial charge >= 0.3 is 0 Å². The number of piperidine rings is 1. The van der Waals surface area contributed by atoms with Crippen LogP contribution in [0.3, 0.4) is 0 Å². The van der Waals surface area contributed by atoms with Gasteiger partial charge in [0.1, 0.15) is 11.6 Å². The standard InChI is InChI=1S/C14H18F2N2O/c15-12-1-2-13(16)11(9-12)5-8-18-14(19)10-3-6-17-7-4-10/h1-2,9-10,17H,3-8H2,(H,18,19). The van der Waals surface area contributed by atoms with Gasteiger partial charge in [-0.15, -0.1) is 0 Å². The van der Waals surface area contributed by atoms with Gasteiger partial charge in [-0.25, -0.2) is 8.78 Å². The maximum atomic E-state index is 13.4. The van der Waals surface area contributed by atoms with Crippen LogP contribution in [-0.4, -0.2) is 25.5 Å². The molecule has 0 atom stereocenters. The van der Waals surface area contributed by atoms with E-state index in [-0.39, 0.29) is 11.8 Å². The van der Waals surface area contributed by atoms with Crippen LogP contribution in [0.1, 0.15) is 18.4 Å². The van der Waals surface area contributed by atoms with Gasteiger partial charge in [0, 0.05) is 12.5 Å². The zero-order valence-corrected chi connectivity index (χ0v) is 10.7. The summed E-state index contributed by atoms with van der Waals surface area (Å²) >= 11 is 0. The molecule has 1 amide bonds. The van der Waals surface area contributed by atoms with Gasteiger partial charge in [-0.05, 0) is 56.1 Å². The van der Waals surface area contributed by atoms with Crippen LogP contribution in [0.15, 0.2) is 18.2 Å². The summed E-state index contributed by atoms with van der Waals surface area (Å²) in [5.41, 5.74) is 0.297. The highest BCUT2D eigenvalue weighted by Crippen LogP contribution is 2.12. The van der Waals surface area contributed by atoms with Gasteiger partial charge in [0.25, 0.3) is 0 Å². The van der Waals surface area contributed by atoms with Crippen molar-refractivity contribution in [1.82, 2.24) is 10.6 Å². The second-order valence-electron chi connectivity index (χ2n) is 4.80. The summed E-state index contributed by atoms with van der Waals surface area (Å²) < 4.78 is 26.3.